The first-order valence-corrected chi connectivity index (χ1v) is 6.91. The smallest absolute Gasteiger partial charge is 0.343 e. The Bertz CT molecular complexity index is 605. The Labute approximate surface area is 128 Å². The van der Waals surface area contributed by atoms with E-state index in [9.17, 15) is 19.5 Å². The van der Waals surface area contributed by atoms with Crippen LogP contribution in [0.25, 0.3) is 0 Å². The number of pyridine rings is 1. The lowest BCUT2D eigenvalue weighted by atomic mass is 9.87. The summed E-state index contributed by atoms with van der Waals surface area (Å²) >= 11 is 0. The molecule has 0 fully saturated rings. The van der Waals surface area contributed by atoms with E-state index >= 15 is 0 Å². The summed E-state index contributed by atoms with van der Waals surface area (Å²) in [6.45, 7) is 3.86. The van der Waals surface area contributed by atoms with E-state index in [1.54, 1.807) is 0 Å². The molecule has 1 aromatic heterocycles. The van der Waals surface area contributed by atoms with Crippen LogP contribution in [0.2, 0.25) is 0 Å². The van der Waals surface area contributed by atoms with E-state index in [0.717, 1.165) is 6.20 Å². The number of carbonyl (C=O) groups is 2. The van der Waals surface area contributed by atoms with Crippen LogP contribution in [0.1, 0.15) is 48.5 Å². The highest BCUT2D eigenvalue weighted by atomic mass is 16.5. The minimum Gasteiger partial charge on any atom is -0.506 e. The largest absolute Gasteiger partial charge is 0.506 e. The first-order valence-electron chi connectivity index (χ1n) is 6.91. The standard InChI is InChI=1S/C15H21NO6/c1-8(2)5-9(6-11(17)21-3)12-13(18)10(15(20)22-4)7-16-14(12)19/h7-9H,5-6H2,1-4H3,(H2,16,18,19). The first-order chi connectivity index (χ1) is 10.3. The maximum absolute atomic E-state index is 12.1. The number of esters is 2. The van der Waals surface area contributed by atoms with Crippen molar-refractivity contribution in [2.75, 3.05) is 14.2 Å². The quantitative estimate of drug-likeness (QED) is 0.772. The van der Waals surface area contributed by atoms with Crippen molar-refractivity contribution in [3.05, 3.63) is 27.7 Å². The van der Waals surface area contributed by atoms with Crippen LogP contribution in [0.5, 0.6) is 5.75 Å². The summed E-state index contributed by atoms with van der Waals surface area (Å²) in [5.74, 6) is -2.09. The zero-order valence-corrected chi connectivity index (χ0v) is 13.1. The third kappa shape index (κ3) is 4.09. The topological polar surface area (TPSA) is 106 Å². The maximum atomic E-state index is 12.1. The molecule has 1 heterocycles. The first kappa shape index (κ1) is 17.7. The molecule has 7 nitrogen and oxygen atoms in total. The van der Waals surface area contributed by atoms with Crippen molar-refractivity contribution in [3.8, 4) is 5.75 Å². The van der Waals surface area contributed by atoms with Crippen molar-refractivity contribution in [2.45, 2.75) is 32.6 Å². The Hall–Kier alpha value is -2.31. The molecule has 0 radical (unpaired) electrons. The molecule has 0 aliphatic rings. The summed E-state index contributed by atoms with van der Waals surface area (Å²) in [5, 5.41) is 10.3. The Morgan fingerprint density at radius 2 is 1.91 bits per heavy atom. The van der Waals surface area contributed by atoms with E-state index in [0.29, 0.717) is 6.42 Å². The van der Waals surface area contributed by atoms with Gasteiger partial charge in [-0.1, -0.05) is 13.8 Å². The average Bonchev–Trinajstić information content (AvgIpc) is 2.45. The van der Waals surface area contributed by atoms with Crippen molar-refractivity contribution in [1.82, 2.24) is 4.98 Å². The molecule has 1 unspecified atom stereocenters. The van der Waals surface area contributed by atoms with E-state index < -0.39 is 29.2 Å². The summed E-state index contributed by atoms with van der Waals surface area (Å²) in [4.78, 5) is 37.7. The van der Waals surface area contributed by atoms with Crippen molar-refractivity contribution >= 4 is 11.9 Å². The number of hydrogen-bond donors (Lipinski definition) is 2. The van der Waals surface area contributed by atoms with Crippen molar-refractivity contribution < 1.29 is 24.2 Å². The minimum absolute atomic E-state index is 0.00185. The van der Waals surface area contributed by atoms with Gasteiger partial charge < -0.3 is 19.6 Å². The Balaban J connectivity index is 3.36. The fourth-order valence-corrected chi connectivity index (χ4v) is 2.34. The summed E-state index contributed by atoms with van der Waals surface area (Å²) in [7, 11) is 2.43. The third-order valence-electron chi connectivity index (χ3n) is 3.31. The lowest BCUT2D eigenvalue weighted by Crippen LogP contribution is -2.22. The highest BCUT2D eigenvalue weighted by molar-refractivity contribution is 5.92. The van der Waals surface area contributed by atoms with Gasteiger partial charge in [0.1, 0.15) is 11.3 Å². The maximum Gasteiger partial charge on any atom is 0.343 e. The zero-order chi connectivity index (χ0) is 16.9. The van der Waals surface area contributed by atoms with E-state index in [2.05, 4.69) is 14.5 Å². The van der Waals surface area contributed by atoms with E-state index in [-0.39, 0.29) is 23.5 Å². The molecule has 1 rings (SSSR count). The van der Waals surface area contributed by atoms with Gasteiger partial charge in [0.25, 0.3) is 5.56 Å². The van der Waals surface area contributed by atoms with E-state index in [1.807, 2.05) is 13.8 Å². The summed E-state index contributed by atoms with van der Waals surface area (Å²) in [6.07, 6.45) is 1.52. The van der Waals surface area contributed by atoms with Crippen molar-refractivity contribution in [2.24, 2.45) is 5.92 Å². The number of aromatic hydroxyl groups is 1. The number of rotatable bonds is 6. The van der Waals surface area contributed by atoms with Gasteiger partial charge in [-0.2, -0.15) is 0 Å². The second-order valence-corrected chi connectivity index (χ2v) is 5.39. The van der Waals surface area contributed by atoms with Gasteiger partial charge >= 0.3 is 11.9 Å². The van der Waals surface area contributed by atoms with Crippen molar-refractivity contribution in [1.29, 1.82) is 0 Å². The van der Waals surface area contributed by atoms with Gasteiger partial charge in [-0.15, -0.1) is 0 Å². The molecule has 0 aromatic carbocycles. The molecule has 0 amide bonds. The molecular formula is C15H21NO6. The molecule has 0 aliphatic heterocycles. The van der Waals surface area contributed by atoms with Gasteiger partial charge in [0, 0.05) is 12.1 Å². The van der Waals surface area contributed by atoms with Crippen LogP contribution in [0.4, 0.5) is 0 Å². The Morgan fingerprint density at radius 3 is 2.41 bits per heavy atom. The lowest BCUT2D eigenvalue weighted by molar-refractivity contribution is -0.141. The number of carbonyl (C=O) groups excluding carboxylic acids is 2. The number of nitrogens with one attached hydrogen (secondary N) is 1. The fraction of sp³-hybridized carbons (Fsp3) is 0.533. The summed E-state index contributed by atoms with van der Waals surface area (Å²) < 4.78 is 9.20. The molecule has 0 saturated heterocycles. The van der Waals surface area contributed by atoms with Crippen LogP contribution in [-0.4, -0.2) is 36.2 Å². The molecule has 0 spiro atoms. The highest BCUT2D eigenvalue weighted by Gasteiger charge is 2.27. The molecule has 22 heavy (non-hydrogen) atoms. The van der Waals surface area contributed by atoms with Crippen LogP contribution >= 0.6 is 0 Å². The van der Waals surface area contributed by atoms with Crippen LogP contribution in [0, 0.1) is 5.92 Å². The lowest BCUT2D eigenvalue weighted by Gasteiger charge is -2.19. The van der Waals surface area contributed by atoms with Gasteiger partial charge in [0.15, 0.2) is 0 Å². The predicted octanol–water partition coefficient (Wildman–Crippen LogP) is 1.56. The van der Waals surface area contributed by atoms with Crippen LogP contribution in [0.3, 0.4) is 0 Å². The van der Waals surface area contributed by atoms with Crippen LogP contribution in [0.15, 0.2) is 11.0 Å². The molecular weight excluding hydrogens is 290 g/mol. The summed E-state index contributed by atoms with van der Waals surface area (Å²) in [6, 6.07) is 0. The molecule has 1 aromatic rings. The second kappa shape index (κ2) is 7.63. The van der Waals surface area contributed by atoms with Crippen LogP contribution < -0.4 is 5.56 Å². The van der Waals surface area contributed by atoms with Gasteiger partial charge in [-0.3, -0.25) is 9.59 Å². The molecule has 7 heteroatoms. The molecule has 2 N–H and O–H groups in total. The molecule has 1 atom stereocenters. The van der Waals surface area contributed by atoms with Crippen LogP contribution in [-0.2, 0) is 14.3 Å². The number of methoxy groups -OCH3 is 2. The average molecular weight is 311 g/mol. The number of aromatic amines is 1. The number of H-pyrrole nitrogens is 1. The fourth-order valence-electron chi connectivity index (χ4n) is 2.34. The SMILES string of the molecule is COC(=O)CC(CC(C)C)c1c(O)c(C(=O)OC)c[nH]c1=O. The highest BCUT2D eigenvalue weighted by Crippen LogP contribution is 2.33. The Morgan fingerprint density at radius 1 is 1.27 bits per heavy atom. The Kier molecular flexibility index (Phi) is 6.15. The van der Waals surface area contributed by atoms with Gasteiger partial charge in [-0.05, 0) is 12.3 Å². The number of aromatic nitrogens is 1. The molecule has 0 aliphatic carbocycles. The van der Waals surface area contributed by atoms with E-state index in [4.69, 9.17) is 0 Å². The van der Waals surface area contributed by atoms with Crippen molar-refractivity contribution in [3.63, 3.8) is 0 Å². The van der Waals surface area contributed by atoms with E-state index in [1.165, 1.54) is 14.2 Å². The summed E-state index contributed by atoms with van der Waals surface area (Å²) in [5.41, 5.74) is -0.683. The van der Waals surface area contributed by atoms with Gasteiger partial charge in [0.2, 0.25) is 0 Å². The van der Waals surface area contributed by atoms with Gasteiger partial charge in [0.05, 0.1) is 26.2 Å². The van der Waals surface area contributed by atoms with Gasteiger partial charge in [-0.25, -0.2) is 4.79 Å². The molecule has 0 saturated carbocycles. The monoisotopic (exact) mass is 311 g/mol. The molecule has 0 bridgehead atoms. The predicted molar refractivity (Wildman–Crippen MR) is 78.9 cm³/mol. The number of hydrogen-bond acceptors (Lipinski definition) is 6. The number of ether oxygens (including phenoxy) is 2. The molecule has 122 valence electrons. The second-order valence-electron chi connectivity index (χ2n) is 5.39. The third-order valence-corrected chi connectivity index (χ3v) is 3.31. The normalized spacial score (nSPS) is 12.0. The zero-order valence-electron chi connectivity index (χ0n) is 13.1. The minimum atomic E-state index is -0.767.